The largest absolute Gasteiger partial charge is 0.332 e. The van der Waals surface area contributed by atoms with Crippen LogP contribution < -0.4 is 0 Å². The molecule has 2 heterocycles. The van der Waals surface area contributed by atoms with Crippen LogP contribution in [0.25, 0.3) is 0 Å². The number of aromatic nitrogens is 2. The van der Waals surface area contributed by atoms with E-state index < -0.39 is 0 Å². The van der Waals surface area contributed by atoms with E-state index in [1.165, 1.54) is 5.56 Å². The lowest BCUT2D eigenvalue weighted by Gasteiger charge is -2.24. The summed E-state index contributed by atoms with van der Waals surface area (Å²) in [5, 5.41) is 6.54. The van der Waals surface area contributed by atoms with Gasteiger partial charge in [0.2, 0.25) is 0 Å². The molecule has 1 N–H and O–H groups in total. The summed E-state index contributed by atoms with van der Waals surface area (Å²) in [5.41, 5.74) is 1.81. The van der Waals surface area contributed by atoms with Crippen LogP contribution in [0.2, 0.25) is 0 Å². The second kappa shape index (κ2) is 5.17. The van der Waals surface area contributed by atoms with Crippen LogP contribution in [0.1, 0.15) is 34.8 Å². The van der Waals surface area contributed by atoms with Crippen molar-refractivity contribution in [2.24, 2.45) is 0 Å². The number of rotatable bonds is 2. The number of hydrogen-bond acceptors (Lipinski definition) is 2. The van der Waals surface area contributed by atoms with E-state index in [2.05, 4.69) is 38.3 Å². The van der Waals surface area contributed by atoms with Gasteiger partial charge < -0.3 is 4.90 Å². The van der Waals surface area contributed by atoms with Crippen molar-refractivity contribution in [2.75, 3.05) is 6.54 Å². The number of aromatic amines is 1. The topological polar surface area (TPSA) is 49.0 Å². The predicted molar refractivity (Wildman–Crippen MR) is 75.7 cm³/mol. The van der Waals surface area contributed by atoms with Gasteiger partial charge in [0.05, 0.1) is 17.8 Å². The quantitative estimate of drug-likeness (QED) is 0.924. The second-order valence-corrected chi connectivity index (χ2v) is 5.61. The summed E-state index contributed by atoms with van der Waals surface area (Å²) in [6.45, 7) is 0.807. The summed E-state index contributed by atoms with van der Waals surface area (Å²) in [6.07, 6.45) is 5.29. The lowest BCUT2D eigenvalue weighted by atomic mass is 10.0. The van der Waals surface area contributed by atoms with Crippen molar-refractivity contribution in [1.82, 2.24) is 15.1 Å². The van der Waals surface area contributed by atoms with Crippen LogP contribution in [0.15, 0.2) is 41.1 Å². The monoisotopic (exact) mass is 319 g/mol. The zero-order chi connectivity index (χ0) is 13.2. The predicted octanol–water partition coefficient (Wildman–Crippen LogP) is 3.15. The number of likely N-dealkylation sites (tertiary alicyclic amines) is 1. The molecule has 1 aromatic heterocycles. The first-order valence-electron chi connectivity index (χ1n) is 6.31. The number of halogens is 1. The molecule has 0 saturated carbocycles. The maximum absolute atomic E-state index is 12.4. The van der Waals surface area contributed by atoms with Crippen molar-refractivity contribution < 1.29 is 4.79 Å². The molecular weight excluding hydrogens is 306 g/mol. The molecule has 0 bridgehead atoms. The third-order valence-corrected chi connectivity index (χ3v) is 3.99. The van der Waals surface area contributed by atoms with Gasteiger partial charge in [0.1, 0.15) is 0 Å². The number of amides is 1. The number of nitrogens with one attached hydrogen (secondary N) is 1. The third kappa shape index (κ3) is 2.42. The summed E-state index contributed by atoms with van der Waals surface area (Å²) in [7, 11) is 0. The van der Waals surface area contributed by atoms with E-state index >= 15 is 0 Å². The standard InChI is InChI=1S/C14H14BrN3O/c15-12-4-1-3-10(7-12)13-5-2-6-18(13)14(19)11-8-16-17-9-11/h1,3-4,7-9,13H,2,5-6H2,(H,16,17). The number of carbonyl (C=O) groups excluding carboxylic acids is 1. The van der Waals surface area contributed by atoms with Crippen molar-refractivity contribution in [2.45, 2.75) is 18.9 Å². The fraction of sp³-hybridized carbons (Fsp3) is 0.286. The first-order valence-corrected chi connectivity index (χ1v) is 7.10. The van der Waals surface area contributed by atoms with Crippen LogP contribution >= 0.6 is 15.9 Å². The molecule has 0 radical (unpaired) electrons. The van der Waals surface area contributed by atoms with E-state index in [0.717, 1.165) is 23.9 Å². The molecule has 1 aromatic carbocycles. The molecular formula is C14H14BrN3O. The highest BCUT2D eigenvalue weighted by atomic mass is 79.9. The summed E-state index contributed by atoms with van der Waals surface area (Å²) in [5.74, 6) is 0.0521. The maximum Gasteiger partial charge on any atom is 0.257 e. The van der Waals surface area contributed by atoms with Crippen molar-refractivity contribution in [3.8, 4) is 0 Å². The minimum absolute atomic E-state index is 0.0521. The van der Waals surface area contributed by atoms with Crippen LogP contribution in [0.4, 0.5) is 0 Å². The normalized spacial score (nSPS) is 18.8. The summed E-state index contributed by atoms with van der Waals surface area (Å²) in [4.78, 5) is 14.4. The van der Waals surface area contributed by atoms with Crippen LogP contribution in [0.3, 0.4) is 0 Å². The van der Waals surface area contributed by atoms with Crippen LogP contribution in [-0.4, -0.2) is 27.5 Å². The highest BCUT2D eigenvalue weighted by Gasteiger charge is 2.30. The Morgan fingerprint density at radius 1 is 1.47 bits per heavy atom. The van der Waals surface area contributed by atoms with Gasteiger partial charge in [-0.15, -0.1) is 0 Å². The Kier molecular flexibility index (Phi) is 3.38. The Morgan fingerprint density at radius 3 is 3.11 bits per heavy atom. The highest BCUT2D eigenvalue weighted by molar-refractivity contribution is 9.10. The van der Waals surface area contributed by atoms with Crippen LogP contribution in [0.5, 0.6) is 0 Å². The number of H-pyrrole nitrogens is 1. The summed E-state index contributed by atoms with van der Waals surface area (Å²) in [6, 6.07) is 8.35. The molecule has 4 nitrogen and oxygen atoms in total. The van der Waals surface area contributed by atoms with Crippen molar-refractivity contribution >= 4 is 21.8 Å². The SMILES string of the molecule is O=C(c1cn[nH]c1)N1CCCC1c1cccc(Br)c1. The Bertz CT molecular complexity index is 582. The van der Waals surface area contributed by atoms with E-state index in [0.29, 0.717) is 5.56 Å². The average molecular weight is 320 g/mol. The lowest BCUT2D eigenvalue weighted by Crippen LogP contribution is -2.30. The third-order valence-electron chi connectivity index (χ3n) is 3.49. The average Bonchev–Trinajstić information content (AvgIpc) is 3.09. The van der Waals surface area contributed by atoms with Gasteiger partial charge in [-0.2, -0.15) is 5.10 Å². The van der Waals surface area contributed by atoms with Gasteiger partial charge in [-0.25, -0.2) is 0 Å². The smallest absolute Gasteiger partial charge is 0.257 e. The van der Waals surface area contributed by atoms with Gasteiger partial charge in [-0.05, 0) is 30.5 Å². The molecule has 1 atom stereocenters. The molecule has 1 fully saturated rings. The molecule has 1 aliphatic rings. The number of carbonyl (C=O) groups is 1. The Morgan fingerprint density at radius 2 is 2.37 bits per heavy atom. The molecule has 98 valence electrons. The Labute approximate surface area is 119 Å². The van der Waals surface area contributed by atoms with E-state index in [1.54, 1.807) is 12.4 Å². The fourth-order valence-corrected chi connectivity index (χ4v) is 3.02. The van der Waals surface area contributed by atoms with Gasteiger partial charge in [0, 0.05) is 17.2 Å². The minimum atomic E-state index is 0.0521. The van der Waals surface area contributed by atoms with E-state index in [-0.39, 0.29) is 11.9 Å². The molecule has 0 aliphatic carbocycles. The summed E-state index contributed by atoms with van der Waals surface area (Å²) >= 11 is 3.49. The second-order valence-electron chi connectivity index (χ2n) is 4.70. The first-order chi connectivity index (χ1) is 9.25. The van der Waals surface area contributed by atoms with Crippen molar-refractivity contribution in [3.63, 3.8) is 0 Å². The maximum atomic E-state index is 12.4. The van der Waals surface area contributed by atoms with Gasteiger partial charge in [-0.1, -0.05) is 28.1 Å². The molecule has 2 aromatic rings. The zero-order valence-corrected chi connectivity index (χ0v) is 11.9. The van der Waals surface area contributed by atoms with E-state index in [4.69, 9.17) is 0 Å². The fourth-order valence-electron chi connectivity index (χ4n) is 2.60. The molecule has 0 spiro atoms. The number of hydrogen-bond donors (Lipinski definition) is 1. The Hall–Kier alpha value is -1.62. The number of nitrogens with zero attached hydrogens (tertiary/aromatic N) is 2. The van der Waals surface area contributed by atoms with Gasteiger partial charge >= 0.3 is 0 Å². The highest BCUT2D eigenvalue weighted by Crippen LogP contribution is 2.33. The van der Waals surface area contributed by atoms with E-state index in [9.17, 15) is 4.79 Å². The summed E-state index contributed by atoms with van der Waals surface area (Å²) < 4.78 is 1.05. The minimum Gasteiger partial charge on any atom is -0.332 e. The van der Waals surface area contributed by atoms with Crippen molar-refractivity contribution in [3.05, 3.63) is 52.3 Å². The zero-order valence-electron chi connectivity index (χ0n) is 10.3. The molecule has 1 aliphatic heterocycles. The first kappa shape index (κ1) is 12.4. The van der Waals surface area contributed by atoms with Gasteiger partial charge in [-0.3, -0.25) is 9.89 Å². The van der Waals surface area contributed by atoms with Gasteiger partial charge in [0.25, 0.3) is 5.91 Å². The molecule has 1 unspecified atom stereocenters. The van der Waals surface area contributed by atoms with Crippen LogP contribution in [0, 0.1) is 0 Å². The van der Waals surface area contributed by atoms with E-state index in [1.807, 2.05) is 17.0 Å². The molecule has 1 amide bonds. The van der Waals surface area contributed by atoms with Crippen molar-refractivity contribution in [1.29, 1.82) is 0 Å². The molecule has 19 heavy (non-hydrogen) atoms. The molecule has 3 rings (SSSR count). The number of benzene rings is 1. The molecule has 1 saturated heterocycles. The van der Waals surface area contributed by atoms with Crippen LogP contribution in [-0.2, 0) is 0 Å². The van der Waals surface area contributed by atoms with Gasteiger partial charge in [0.15, 0.2) is 0 Å². The Balaban J connectivity index is 1.88. The molecule has 5 heteroatoms. The lowest BCUT2D eigenvalue weighted by molar-refractivity contribution is 0.0735.